The highest BCUT2D eigenvalue weighted by molar-refractivity contribution is 6.13. The predicted molar refractivity (Wildman–Crippen MR) is 109 cm³/mol. The Morgan fingerprint density at radius 2 is 1.57 bits per heavy atom. The fourth-order valence-corrected chi connectivity index (χ4v) is 3.65. The first-order valence-electron chi connectivity index (χ1n) is 9.38. The van der Waals surface area contributed by atoms with E-state index in [1.54, 1.807) is 0 Å². The highest BCUT2D eigenvalue weighted by atomic mass is 16.2. The molecule has 5 heteroatoms. The number of ketones is 1. The highest BCUT2D eigenvalue weighted by Gasteiger charge is 2.26. The van der Waals surface area contributed by atoms with Crippen molar-refractivity contribution in [3.05, 3.63) is 94.3 Å². The maximum Gasteiger partial charge on any atom is 0.288 e. The van der Waals surface area contributed by atoms with Crippen LogP contribution in [0.3, 0.4) is 0 Å². The summed E-state index contributed by atoms with van der Waals surface area (Å²) < 4.78 is 0. The van der Waals surface area contributed by atoms with Gasteiger partial charge in [0.1, 0.15) is 5.69 Å². The van der Waals surface area contributed by atoms with Crippen LogP contribution in [-0.4, -0.2) is 22.4 Å². The van der Waals surface area contributed by atoms with E-state index < -0.39 is 0 Å². The second-order valence-corrected chi connectivity index (χ2v) is 6.89. The summed E-state index contributed by atoms with van der Waals surface area (Å²) in [6, 6.07) is 19.4. The molecule has 1 aliphatic rings. The number of amides is 1. The SMILES string of the molecule is Cc1c(C(=O)NN=C(c2ccccc2)c2ccccc2)[nH]c2c1C(=O)CCC2. The number of hydrazone groups is 1. The van der Waals surface area contributed by atoms with Crippen LogP contribution in [0, 0.1) is 6.92 Å². The van der Waals surface area contributed by atoms with Crippen molar-refractivity contribution < 1.29 is 9.59 Å². The number of rotatable bonds is 4. The number of aromatic nitrogens is 1. The van der Waals surface area contributed by atoms with Crippen LogP contribution < -0.4 is 5.43 Å². The van der Waals surface area contributed by atoms with Crippen molar-refractivity contribution in [2.45, 2.75) is 26.2 Å². The Bertz CT molecular complexity index is 1010. The molecule has 0 spiro atoms. The Morgan fingerprint density at radius 3 is 2.14 bits per heavy atom. The zero-order chi connectivity index (χ0) is 19.5. The Hall–Kier alpha value is -3.47. The Labute approximate surface area is 163 Å². The Kier molecular flexibility index (Phi) is 4.89. The lowest BCUT2D eigenvalue weighted by Crippen LogP contribution is -2.22. The molecule has 0 atom stereocenters. The first-order chi connectivity index (χ1) is 13.6. The topological polar surface area (TPSA) is 74.3 Å². The van der Waals surface area contributed by atoms with Crippen molar-refractivity contribution in [3.63, 3.8) is 0 Å². The molecule has 5 nitrogen and oxygen atoms in total. The van der Waals surface area contributed by atoms with Gasteiger partial charge in [-0.1, -0.05) is 60.7 Å². The number of nitrogens with one attached hydrogen (secondary N) is 2. The Balaban J connectivity index is 1.66. The Morgan fingerprint density at radius 1 is 0.964 bits per heavy atom. The fraction of sp³-hybridized carbons (Fsp3) is 0.174. The molecule has 4 rings (SSSR count). The molecular weight excluding hydrogens is 350 g/mol. The van der Waals surface area contributed by atoms with Crippen LogP contribution in [-0.2, 0) is 6.42 Å². The fourth-order valence-electron chi connectivity index (χ4n) is 3.65. The first-order valence-corrected chi connectivity index (χ1v) is 9.38. The average Bonchev–Trinajstić information content (AvgIpc) is 3.07. The summed E-state index contributed by atoms with van der Waals surface area (Å²) >= 11 is 0. The molecule has 0 saturated heterocycles. The van der Waals surface area contributed by atoms with Gasteiger partial charge in [-0.15, -0.1) is 0 Å². The molecule has 28 heavy (non-hydrogen) atoms. The molecule has 3 aromatic rings. The number of fused-ring (bicyclic) bond motifs is 1. The van der Waals surface area contributed by atoms with Crippen molar-refractivity contribution in [2.75, 3.05) is 0 Å². The maximum atomic E-state index is 12.8. The summed E-state index contributed by atoms with van der Waals surface area (Å²) in [6.07, 6.45) is 2.14. The number of hydrogen-bond acceptors (Lipinski definition) is 3. The van der Waals surface area contributed by atoms with Crippen LogP contribution in [0.1, 0.15) is 56.1 Å². The van der Waals surface area contributed by atoms with Crippen molar-refractivity contribution in [1.29, 1.82) is 0 Å². The van der Waals surface area contributed by atoms with Crippen molar-refractivity contribution in [2.24, 2.45) is 5.10 Å². The van der Waals surface area contributed by atoms with E-state index in [1.165, 1.54) is 0 Å². The van der Waals surface area contributed by atoms with Gasteiger partial charge in [0.05, 0.1) is 5.71 Å². The first kappa shape index (κ1) is 17.9. The number of hydrogen-bond donors (Lipinski definition) is 2. The van der Waals surface area contributed by atoms with E-state index in [-0.39, 0.29) is 11.7 Å². The minimum Gasteiger partial charge on any atom is -0.354 e. The minimum atomic E-state index is -0.343. The monoisotopic (exact) mass is 371 g/mol. The number of benzene rings is 2. The molecule has 1 aliphatic carbocycles. The quantitative estimate of drug-likeness (QED) is 0.537. The van der Waals surface area contributed by atoms with Gasteiger partial charge >= 0.3 is 0 Å². The zero-order valence-corrected chi connectivity index (χ0v) is 15.7. The normalized spacial score (nSPS) is 13.0. The van der Waals surface area contributed by atoms with Crippen LogP contribution in [0.25, 0.3) is 0 Å². The zero-order valence-electron chi connectivity index (χ0n) is 15.7. The number of aromatic amines is 1. The van der Waals surface area contributed by atoms with Gasteiger partial charge in [0, 0.05) is 28.8 Å². The van der Waals surface area contributed by atoms with Crippen LogP contribution in [0.5, 0.6) is 0 Å². The number of nitrogens with zero attached hydrogens (tertiary/aromatic N) is 1. The lowest BCUT2D eigenvalue weighted by atomic mass is 9.94. The van der Waals surface area contributed by atoms with Gasteiger partial charge in [0.25, 0.3) is 5.91 Å². The van der Waals surface area contributed by atoms with Gasteiger partial charge in [0.2, 0.25) is 0 Å². The van der Waals surface area contributed by atoms with Gasteiger partial charge in [-0.05, 0) is 25.3 Å². The standard InChI is InChI=1S/C23H21N3O2/c1-15-20-18(13-8-14-19(20)27)24-21(15)23(28)26-25-22(16-9-4-2-5-10-16)17-11-6-3-7-12-17/h2-7,9-12,24H,8,13-14H2,1H3,(H,26,28). The van der Waals surface area contributed by atoms with E-state index >= 15 is 0 Å². The largest absolute Gasteiger partial charge is 0.354 e. The number of carbonyl (C=O) groups excluding carboxylic acids is 2. The van der Waals surface area contributed by atoms with Crippen LogP contribution in [0.2, 0.25) is 0 Å². The lowest BCUT2D eigenvalue weighted by molar-refractivity contribution is 0.0948. The summed E-state index contributed by atoms with van der Waals surface area (Å²) in [5.41, 5.74) is 7.80. The van der Waals surface area contributed by atoms with Crippen LogP contribution in [0.15, 0.2) is 65.8 Å². The number of aryl methyl sites for hydroxylation is 1. The molecule has 140 valence electrons. The molecular formula is C23H21N3O2. The molecule has 0 fully saturated rings. The number of Topliss-reactive ketones (excluding diaryl/α,β-unsaturated/α-hetero) is 1. The summed E-state index contributed by atoms with van der Waals surface area (Å²) in [6.45, 7) is 1.81. The van der Waals surface area contributed by atoms with Crippen molar-refractivity contribution >= 4 is 17.4 Å². The third-order valence-electron chi connectivity index (χ3n) is 5.03. The average molecular weight is 371 g/mol. The van der Waals surface area contributed by atoms with E-state index in [9.17, 15) is 9.59 Å². The van der Waals surface area contributed by atoms with Gasteiger partial charge < -0.3 is 4.98 Å². The molecule has 0 unspecified atom stereocenters. The molecule has 1 aromatic heterocycles. The smallest absolute Gasteiger partial charge is 0.288 e. The van der Waals surface area contributed by atoms with Gasteiger partial charge in [-0.25, -0.2) is 5.43 Å². The highest BCUT2D eigenvalue weighted by Crippen LogP contribution is 2.26. The molecule has 0 saturated carbocycles. The molecule has 1 heterocycles. The van der Waals surface area contributed by atoms with Crippen molar-refractivity contribution in [1.82, 2.24) is 10.4 Å². The van der Waals surface area contributed by atoms with Gasteiger partial charge in [-0.3, -0.25) is 9.59 Å². The second-order valence-electron chi connectivity index (χ2n) is 6.89. The third kappa shape index (κ3) is 3.39. The molecule has 2 N–H and O–H groups in total. The van der Waals surface area contributed by atoms with Gasteiger partial charge in [-0.2, -0.15) is 5.10 Å². The van der Waals surface area contributed by atoms with E-state index in [0.717, 1.165) is 29.7 Å². The van der Waals surface area contributed by atoms with E-state index in [4.69, 9.17) is 0 Å². The van der Waals surface area contributed by atoms with Crippen LogP contribution in [0.4, 0.5) is 0 Å². The number of carbonyl (C=O) groups is 2. The molecule has 0 bridgehead atoms. The minimum absolute atomic E-state index is 0.104. The van der Waals surface area contributed by atoms with E-state index in [2.05, 4.69) is 15.5 Å². The molecule has 1 amide bonds. The summed E-state index contributed by atoms with van der Waals surface area (Å²) in [5.74, 6) is -0.240. The van der Waals surface area contributed by atoms with Gasteiger partial charge in [0.15, 0.2) is 5.78 Å². The van der Waals surface area contributed by atoms with E-state index in [0.29, 0.717) is 29.0 Å². The van der Waals surface area contributed by atoms with Crippen LogP contribution >= 0.6 is 0 Å². The third-order valence-corrected chi connectivity index (χ3v) is 5.03. The van der Waals surface area contributed by atoms with E-state index in [1.807, 2.05) is 67.6 Å². The molecule has 0 aliphatic heterocycles. The maximum absolute atomic E-state index is 12.8. The lowest BCUT2D eigenvalue weighted by Gasteiger charge is -2.09. The second kappa shape index (κ2) is 7.64. The van der Waals surface area contributed by atoms with Crippen molar-refractivity contribution in [3.8, 4) is 0 Å². The molecule has 0 radical (unpaired) electrons. The molecule has 2 aromatic carbocycles. The predicted octanol–water partition coefficient (Wildman–Crippen LogP) is 4.02. The number of H-pyrrole nitrogens is 1. The summed E-state index contributed by atoms with van der Waals surface area (Å²) in [7, 11) is 0. The summed E-state index contributed by atoms with van der Waals surface area (Å²) in [5, 5.41) is 4.42. The summed E-state index contributed by atoms with van der Waals surface area (Å²) in [4.78, 5) is 28.1.